The highest BCUT2D eigenvalue weighted by atomic mass is 32.2. The van der Waals surface area contributed by atoms with Gasteiger partial charge in [0.1, 0.15) is 0 Å². The Labute approximate surface area is 131 Å². The van der Waals surface area contributed by atoms with Crippen molar-refractivity contribution in [1.29, 1.82) is 0 Å². The molecular weight excluding hydrogens is 302 g/mol. The van der Waals surface area contributed by atoms with Gasteiger partial charge in [0, 0.05) is 13.1 Å². The molecule has 0 atom stereocenters. The molecule has 1 aromatic rings. The Hall–Kier alpha value is -1.76. The third kappa shape index (κ3) is 2.90. The van der Waals surface area contributed by atoms with Crippen molar-refractivity contribution in [3.8, 4) is 5.75 Å². The molecule has 0 saturated heterocycles. The lowest BCUT2D eigenvalue weighted by Gasteiger charge is -2.23. The minimum Gasteiger partial charge on any atom is -0.363 e. The van der Waals surface area contributed by atoms with Crippen LogP contribution in [0.3, 0.4) is 0 Å². The lowest BCUT2D eigenvalue weighted by molar-refractivity contribution is 0.462. The smallest absolute Gasteiger partial charge is 0.363 e. The largest absolute Gasteiger partial charge is 0.431 e. The first-order chi connectivity index (χ1) is 10.5. The van der Waals surface area contributed by atoms with Crippen molar-refractivity contribution in [1.82, 2.24) is 4.90 Å². The Morgan fingerprint density at radius 3 is 2.45 bits per heavy atom. The molecule has 1 heterocycles. The van der Waals surface area contributed by atoms with Crippen molar-refractivity contribution in [3.63, 3.8) is 0 Å². The van der Waals surface area contributed by atoms with Gasteiger partial charge >= 0.3 is 10.3 Å². The topological polar surface area (TPSA) is 71.0 Å². The van der Waals surface area contributed by atoms with Crippen LogP contribution < -0.4 is 9.50 Å². The summed E-state index contributed by atoms with van der Waals surface area (Å²) in [5.74, 6) is 0.658. The molecule has 0 radical (unpaired) electrons. The number of hydrogen-bond acceptors (Lipinski definition) is 5. The molecule has 1 aliphatic heterocycles. The van der Waals surface area contributed by atoms with Gasteiger partial charge in [-0.3, -0.25) is 0 Å². The summed E-state index contributed by atoms with van der Waals surface area (Å²) in [4.78, 5) is 1.86. The van der Waals surface area contributed by atoms with Crippen LogP contribution in [0.25, 0.3) is 0 Å². The first kappa shape index (κ1) is 15.1. The number of fused-ring (bicyclic) bond motifs is 2. The van der Waals surface area contributed by atoms with E-state index in [0.717, 1.165) is 19.3 Å². The maximum absolute atomic E-state index is 12.1. The molecule has 120 valence electrons. The first-order valence-electron chi connectivity index (χ1n) is 7.74. The SMILES string of the molecule is CCN(CC)C1=NS(=O)(=O)Oc2cc3c(cc2N1)CCCC3. The number of nitrogens with zero attached hydrogens (tertiary/aromatic N) is 2. The Kier molecular flexibility index (Phi) is 3.99. The van der Waals surface area contributed by atoms with Gasteiger partial charge in [0.05, 0.1) is 5.69 Å². The Morgan fingerprint density at radius 2 is 1.82 bits per heavy atom. The van der Waals surface area contributed by atoms with E-state index >= 15 is 0 Å². The quantitative estimate of drug-likeness (QED) is 0.904. The van der Waals surface area contributed by atoms with E-state index in [2.05, 4.69) is 9.71 Å². The van der Waals surface area contributed by atoms with Crippen LogP contribution in [-0.2, 0) is 23.1 Å². The zero-order valence-corrected chi connectivity index (χ0v) is 13.7. The van der Waals surface area contributed by atoms with E-state index < -0.39 is 10.3 Å². The number of benzene rings is 1. The van der Waals surface area contributed by atoms with Crippen LogP contribution in [0.5, 0.6) is 5.75 Å². The second kappa shape index (κ2) is 5.79. The van der Waals surface area contributed by atoms with E-state index in [9.17, 15) is 8.42 Å². The number of rotatable bonds is 2. The molecule has 0 saturated carbocycles. The van der Waals surface area contributed by atoms with Gasteiger partial charge in [-0.15, -0.1) is 0 Å². The van der Waals surface area contributed by atoms with Crippen LogP contribution in [0.4, 0.5) is 5.69 Å². The average Bonchev–Trinajstić information content (AvgIpc) is 2.60. The summed E-state index contributed by atoms with van der Waals surface area (Å²) in [6.45, 7) is 5.25. The molecule has 6 nitrogen and oxygen atoms in total. The third-order valence-electron chi connectivity index (χ3n) is 4.15. The van der Waals surface area contributed by atoms with Gasteiger partial charge in [-0.05, 0) is 62.8 Å². The van der Waals surface area contributed by atoms with Crippen LogP contribution in [-0.4, -0.2) is 32.4 Å². The monoisotopic (exact) mass is 323 g/mol. The summed E-state index contributed by atoms with van der Waals surface area (Å²) in [5.41, 5.74) is 3.11. The minimum absolute atomic E-state index is 0.319. The van der Waals surface area contributed by atoms with E-state index in [1.807, 2.05) is 30.9 Å². The minimum atomic E-state index is -3.99. The highest BCUT2D eigenvalue weighted by Crippen LogP contribution is 2.35. The predicted octanol–water partition coefficient (Wildman–Crippen LogP) is 2.31. The van der Waals surface area contributed by atoms with E-state index in [0.29, 0.717) is 30.5 Å². The molecular formula is C15H21N3O3S. The number of anilines is 1. The number of aryl methyl sites for hydroxylation is 2. The molecule has 0 bridgehead atoms. The summed E-state index contributed by atoms with van der Waals surface area (Å²) in [5, 5.41) is 3.14. The zero-order valence-electron chi connectivity index (χ0n) is 12.9. The van der Waals surface area contributed by atoms with Crippen molar-refractivity contribution >= 4 is 22.0 Å². The maximum Gasteiger partial charge on any atom is 0.431 e. The first-order valence-corrected chi connectivity index (χ1v) is 9.11. The highest BCUT2D eigenvalue weighted by molar-refractivity contribution is 7.85. The molecule has 0 unspecified atom stereocenters. The second-order valence-corrected chi connectivity index (χ2v) is 6.75. The number of hydrogen-bond donors (Lipinski definition) is 1. The fraction of sp³-hybridized carbons (Fsp3) is 0.533. The van der Waals surface area contributed by atoms with E-state index in [1.165, 1.54) is 17.5 Å². The van der Waals surface area contributed by atoms with Gasteiger partial charge in [0.15, 0.2) is 5.75 Å². The van der Waals surface area contributed by atoms with Crippen molar-refractivity contribution in [2.24, 2.45) is 4.40 Å². The van der Waals surface area contributed by atoms with Gasteiger partial charge in [-0.25, -0.2) is 0 Å². The molecule has 22 heavy (non-hydrogen) atoms. The molecule has 0 aromatic heterocycles. The van der Waals surface area contributed by atoms with E-state index in [1.54, 1.807) is 0 Å². The fourth-order valence-corrected chi connectivity index (χ4v) is 3.75. The van der Waals surface area contributed by atoms with Crippen LogP contribution in [0, 0.1) is 0 Å². The summed E-state index contributed by atoms with van der Waals surface area (Å²) in [6.07, 6.45) is 4.29. The van der Waals surface area contributed by atoms with E-state index in [-0.39, 0.29) is 0 Å². The second-order valence-electron chi connectivity index (χ2n) is 5.55. The van der Waals surface area contributed by atoms with Crippen molar-refractivity contribution < 1.29 is 12.6 Å². The molecule has 2 aliphatic rings. The predicted molar refractivity (Wildman–Crippen MR) is 86.6 cm³/mol. The maximum atomic E-state index is 12.1. The van der Waals surface area contributed by atoms with Gasteiger partial charge in [0.2, 0.25) is 5.96 Å². The molecule has 7 heteroatoms. The summed E-state index contributed by atoms with van der Waals surface area (Å²) in [7, 11) is -3.99. The summed E-state index contributed by atoms with van der Waals surface area (Å²) >= 11 is 0. The lowest BCUT2D eigenvalue weighted by Crippen LogP contribution is -2.36. The molecule has 0 spiro atoms. The Balaban J connectivity index is 2.06. The van der Waals surface area contributed by atoms with Gasteiger partial charge in [-0.2, -0.15) is 8.42 Å². The highest BCUT2D eigenvalue weighted by Gasteiger charge is 2.25. The van der Waals surface area contributed by atoms with E-state index in [4.69, 9.17) is 4.18 Å². The third-order valence-corrected chi connectivity index (χ3v) is 4.93. The van der Waals surface area contributed by atoms with Crippen LogP contribution in [0.15, 0.2) is 16.5 Å². The zero-order chi connectivity index (χ0) is 15.7. The molecule has 1 N–H and O–H groups in total. The normalized spacial score (nSPS) is 18.9. The van der Waals surface area contributed by atoms with Crippen LogP contribution >= 0.6 is 0 Å². The van der Waals surface area contributed by atoms with Gasteiger partial charge in [-0.1, -0.05) is 4.40 Å². The lowest BCUT2D eigenvalue weighted by atomic mass is 9.91. The van der Waals surface area contributed by atoms with Crippen LogP contribution in [0.1, 0.15) is 37.8 Å². The molecule has 1 aliphatic carbocycles. The fourth-order valence-electron chi connectivity index (χ4n) is 2.97. The van der Waals surface area contributed by atoms with Crippen molar-refractivity contribution in [3.05, 3.63) is 23.3 Å². The van der Waals surface area contributed by atoms with Crippen molar-refractivity contribution in [2.45, 2.75) is 39.5 Å². The number of guanidine groups is 1. The molecule has 0 amide bonds. The molecule has 0 fully saturated rings. The number of nitrogens with one attached hydrogen (secondary N) is 1. The van der Waals surface area contributed by atoms with Crippen LogP contribution in [0.2, 0.25) is 0 Å². The molecule has 3 rings (SSSR count). The molecule has 1 aromatic carbocycles. The van der Waals surface area contributed by atoms with Gasteiger partial charge in [0.25, 0.3) is 0 Å². The Bertz CT molecular complexity index is 709. The summed E-state index contributed by atoms with van der Waals surface area (Å²) < 4.78 is 33.1. The average molecular weight is 323 g/mol. The van der Waals surface area contributed by atoms with Crippen molar-refractivity contribution in [2.75, 3.05) is 18.4 Å². The van der Waals surface area contributed by atoms with Gasteiger partial charge < -0.3 is 14.4 Å². The Morgan fingerprint density at radius 1 is 1.18 bits per heavy atom. The summed E-state index contributed by atoms with van der Waals surface area (Å²) in [6, 6.07) is 3.85. The standard InChI is InChI=1S/C15H21N3O3S/c1-3-18(4-2)15-16-13-9-11-7-5-6-8-12(11)10-14(13)21-22(19,20)17-15/h9-10H,3-8H2,1-2H3,(H,16,17).